The molecule has 118 valence electrons. The Morgan fingerprint density at radius 2 is 1.67 bits per heavy atom. The second-order valence-corrected chi connectivity index (χ2v) is 7.18. The van der Waals surface area contributed by atoms with Crippen LogP contribution in [0.5, 0.6) is 0 Å². The van der Waals surface area contributed by atoms with Gasteiger partial charge in [0.05, 0.1) is 6.10 Å². The molecule has 0 aromatic heterocycles. The number of piperidine rings is 1. The molecule has 1 fully saturated rings. The van der Waals surface area contributed by atoms with Gasteiger partial charge in [-0.2, -0.15) is 0 Å². The lowest BCUT2D eigenvalue weighted by molar-refractivity contribution is 0.0412. The number of nitrogens with zero attached hydrogens (tertiary/aromatic N) is 1. The third-order valence-electron chi connectivity index (χ3n) is 4.77. The number of β-amino-alcohol motifs (C(OH)–C–C–N with tert-alkyl or cyclic N) is 1. The summed E-state index contributed by atoms with van der Waals surface area (Å²) in [6.45, 7) is 9.80. The summed E-state index contributed by atoms with van der Waals surface area (Å²) in [4.78, 5) is 2.47. The predicted octanol–water partition coefficient (Wildman–Crippen LogP) is 4.18. The van der Waals surface area contributed by atoms with Crippen molar-refractivity contribution in [1.29, 1.82) is 0 Å². The zero-order valence-electron chi connectivity index (χ0n) is 14.0. The van der Waals surface area contributed by atoms with Gasteiger partial charge in [0.15, 0.2) is 0 Å². The van der Waals surface area contributed by atoms with E-state index < -0.39 is 0 Å². The number of benzene rings is 1. The van der Waals surface area contributed by atoms with Crippen molar-refractivity contribution in [2.75, 3.05) is 6.54 Å². The molecule has 0 bridgehead atoms. The first-order chi connectivity index (χ1) is 9.97. The van der Waals surface area contributed by atoms with Crippen molar-refractivity contribution < 1.29 is 5.11 Å². The van der Waals surface area contributed by atoms with Gasteiger partial charge < -0.3 is 5.11 Å². The quantitative estimate of drug-likeness (QED) is 0.879. The fraction of sp³-hybridized carbons (Fsp3) is 0.684. The number of likely N-dealkylation sites (tertiary alicyclic amines) is 1. The molecule has 2 rings (SSSR count). The van der Waals surface area contributed by atoms with E-state index in [4.69, 9.17) is 0 Å². The molecule has 1 saturated heterocycles. The Kier molecular flexibility index (Phi) is 5.83. The first-order valence-electron chi connectivity index (χ1n) is 8.50. The number of hydrogen-bond donors (Lipinski definition) is 1. The molecular formula is C19H31NO. The smallest absolute Gasteiger partial charge is 0.0917 e. The molecule has 0 spiro atoms. The van der Waals surface area contributed by atoms with E-state index in [1.165, 1.54) is 24.8 Å². The lowest BCUT2D eigenvalue weighted by Gasteiger charge is -2.40. The predicted molar refractivity (Wildman–Crippen MR) is 89.4 cm³/mol. The highest BCUT2D eigenvalue weighted by molar-refractivity contribution is 5.24. The van der Waals surface area contributed by atoms with Gasteiger partial charge in [0, 0.05) is 18.6 Å². The van der Waals surface area contributed by atoms with Gasteiger partial charge in [-0.15, -0.1) is 0 Å². The maximum absolute atomic E-state index is 10.5. The summed E-state index contributed by atoms with van der Waals surface area (Å²) >= 11 is 0. The van der Waals surface area contributed by atoms with Crippen molar-refractivity contribution >= 4 is 0 Å². The van der Waals surface area contributed by atoms with E-state index in [9.17, 15) is 5.11 Å². The van der Waals surface area contributed by atoms with Crippen molar-refractivity contribution in [2.24, 2.45) is 5.92 Å². The Labute approximate surface area is 130 Å². The van der Waals surface area contributed by atoms with Crippen LogP contribution in [-0.4, -0.2) is 28.6 Å². The summed E-state index contributed by atoms with van der Waals surface area (Å²) in [6, 6.07) is 9.71. The molecule has 1 aromatic carbocycles. The summed E-state index contributed by atoms with van der Waals surface area (Å²) in [5.74, 6) is 0.677. The molecule has 0 amide bonds. The minimum absolute atomic E-state index is 0.374. The van der Waals surface area contributed by atoms with Crippen LogP contribution in [0.25, 0.3) is 0 Å². The van der Waals surface area contributed by atoms with Crippen molar-refractivity contribution in [3.05, 3.63) is 35.4 Å². The lowest BCUT2D eigenvalue weighted by atomic mass is 9.95. The van der Waals surface area contributed by atoms with Crippen LogP contribution in [0.4, 0.5) is 0 Å². The van der Waals surface area contributed by atoms with Gasteiger partial charge in [0.1, 0.15) is 0 Å². The van der Waals surface area contributed by atoms with Crippen LogP contribution in [0, 0.1) is 5.92 Å². The summed E-state index contributed by atoms with van der Waals surface area (Å²) in [5.41, 5.74) is 2.41. The second kappa shape index (κ2) is 7.42. The molecule has 3 atom stereocenters. The summed E-state index contributed by atoms with van der Waals surface area (Å²) < 4.78 is 0. The molecule has 2 nitrogen and oxygen atoms in total. The second-order valence-electron chi connectivity index (χ2n) is 7.18. The zero-order chi connectivity index (χ0) is 15.4. The number of aliphatic hydroxyl groups excluding tert-OH is 1. The summed E-state index contributed by atoms with van der Waals surface area (Å²) in [5, 5.41) is 10.5. The maximum Gasteiger partial charge on any atom is 0.0917 e. The molecule has 1 aliphatic heterocycles. The lowest BCUT2D eigenvalue weighted by Crippen LogP contribution is -2.45. The molecule has 0 saturated carbocycles. The first kappa shape index (κ1) is 16.5. The Hall–Kier alpha value is -0.860. The average molecular weight is 289 g/mol. The molecule has 0 radical (unpaired) electrons. The topological polar surface area (TPSA) is 23.5 Å². The van der Waals surface area contributed by atoms with Gasteiger partial charge >= 0.3 is 0 Å². The van der Waals surface area contributed by atoms with Crippen molar-refractivity contribution in [3.8, 4) is 0 Å². The van der Waals surface area contributed by atoms with E-state index >= 15 is 0 Å². The molecule has 1 heterocycles. The van der Waals surface area contributed by atoms with E-state index in [-0.39, 0.29) is 6.10 Å². The zero-order valence-corrected chi connectivity index (χ0v) is 14.0. The van der Waals surface area contributed by atoms with E-state index in [0.717, 1.165) is 18.5 Å². The average Bonchev–Trinajstić information content (AvgIpc) is 2.43. The molecule has 1 aliphatic rings. The fourth-order valence-electron chi connectivity index (χ4n) is 3.49. The Morgan fingerprint density at radius 1 is 1.10 bits per heavy atom. The normalized spacial score (nSPS) is 25.2. The van der Waals surface area contributed by atoms with Gasteiger partial charge in [0.25, 0.3) is 0 Å². The van der Waals surface area contributed by atoms with Crippen LogP contribution in [-0.2, 0) is 6.42 Å². The molecule has 0 aliphatic carbocycles. The van der Waals surface area contributed by atoms with Gasteiger partial charge in [0.2, 0.25) is 0 Å². The highest BCUT2D eigenvalue weighted by atomic mass is 16.3. The van der Waals surface area contributed by atoms with Crippen LogP contribution >= 0.6 is 0 Å². The monoisotopic (exact) mass is 289 g/mol. The highest BCUT2D eigenvalue weighted by Gasteiger charge is 2.26. The van der Waals surface area contributed by atoms with Crippen molar-refractivity contribution in [3.63, 3.8) is 0 Å². The third kappa shape index (κ3) is 4.55. The summed E-state index contributed by atoms with van der Waals surface area (Å²) in [6.07, 6.45) is 4.56. The first-order valence-corrected chi connectivity index (χ1v) is 8.50. The largest absolute Gasteiger partial charge is 0.387 e. The van der Waals surface area contributed by atoms with E-state index in [2.05, 4.69) is 56.9 Å². The van der Waals surface area contributed by atoms with Crippen molar-refractivity contribution in [2.45, 2.75) is 71.6 Å². The van der Waals surface area contributed by atoms with Crippen molar-refractivity contribution in [1.82, 2.24) is 4.90 Å². The van der Waals surface area contributed by atoms with Crippen LogP contribution in [0.3, 0.4) is 0 Å². The number of hydrogen-bond acceptors (Lipinski definition) is 2. The van der Waals surface area contributed by atoms with E-state index in [1.807, 2.05) is 0 Å². The molecule has 1 aromatic rings. The van der Waals surface area contributed by atoms with Crippen LogP contribution in [0.1, 0.15) is 64.2 Å². The van der Waals surface area contributed by atoms with Gasteiger partial charge in [-0.1, -0.05) is 44.5 Å². The minimum atomic E-state index is -0.374. The van der Waals surface area contributed by atoms with Gasteiger partial charge in [-0.3, -0.25) is 4.90 Å². The number of rotatable bonds is 5. The maximum atomic E-state index is 10.5. The van der Waals surface area contributed by atoms with Crippen LogP contribution in [0.15, 0.2) is 24.3 Å². The standard InChI is InChI=1S/C19H31NO/c1-14(2)12-17-8-10-18(11-9-17)19(21)13-20-15(3)6-5-7-16(20)4/h8-11,14-16,19,21H,5-7,12-13H2,1-4H3. The molecule has 3 unspecified atom stereocenters. The number of aliphatic hydroxyl groups is 1. The highest BCUT2D eigenvalue weighted by Crippen LogP contribution is 2.26. The Morgan fingerprint density at radius 3 is 2.19 bits per heavy atom. The van der Waals surface area contributed by atoms with E-state index in [1.54, 1.807) is 0 Å². The Bertz CT molecular complexity index is 416. The van der Waals surface area contributed by atoms with Gasteiger partial charge in [-0.25, -0.2) is 0 Å². The SMILES string of the molecule is CC(C)Cc1ccc(C(O)CN2C(C)CCCC2C)cc1. The van der Waals surface area contributed by atoms with Crippen LogP contribution in [0.2, 0.25) is 0 Å². The summed E-state index contributed by atoms with van der Waals surface area (Å²) in [7, 11) is 0. The Balaban J connectivity index is 1.97. The minimum Gasteiger partial charge on any atom is -0.387 e. The molecule has 2 heteroatoms. The molecule has 21 heavy (non-hydrogen) atoms. The molecular weight excluding hydrogens is 258 g/mol. The molecule has 1 N–H and O–H groups in total. The van der Waals surface area contributed by atoms with Gasteiger partial charge in [-0.05, 0) is 50.2 Å². The fourth-order valence-corrected chi connectivity index (χ4v) is 3.49. The third-order valence-corrected chi connectivity index (χ3v) is 4.77. The van der Waals surface area contributed by atoms with Crippen LogP contribution < -0.4 is 0 Å². The van der Waals surface area contributed by atoms with E-state index in [0.29, 0.717) is 18.0 Å².